The van der Waals surface area contributed by atoms with Gasteiger partial charge in [-0.15, -0.1) is 0 Å². The second-order valence-electron chi connectivity index (χ2n) is 2.77. The first kappa shape index (κ1) is 6.53. The lowest BCUT2D eigenvalue weighted by atomic mass is 10.2. The van der Waals surface area contributed by atoms with Gasteiger partial charge in [0.15, 0.2) is 6.23 Å². The van der Waals surface area contributed by atoms with E-state index >= 15 is 0 Å². The van der Waals surface area contributed by atoms with E-state index in [0.717, 1.165) is 5.76 Å². The number of fused-ring (bicyclic) bond motifs is 1. The molecule has 0 amide bonds. The van der Waals surface area contributed by atoms with Gasteiger partial charge in [0.25, 0.3) is 0 Å². The van der Waals surface area contributed by atoms with Crippen LogP contribution in [-0.4, -0.2) is 11.1 Å². The van der Waals surface area contributed by atoms with Crippen molar-refractivity contribution in [2.75, 3.05) is 0 Å². The maximum absolute atomic E-state index is 5.51. The highest BCUT2D eigenvalue weighted by molar-refractivity contribution is 5.32. The van der Waals surface area contributed by atoms with E-state index in [1.165, 1.54) is 5.70 Å². The molecule has 0 bridgehead atoms. The number of hydrogen-bond donors (Lipinski definition) is 0. The minimum atomic E-state index is 0.159. The van der Waals surface area contributed by atoms with Crippen LogP contribution in [0.3, 0.4) is 0 Å². The molecule has 2 nitrogen and oxygen atoms in total. The van der Waals surface area contributed by atoms with Gasteiger partial charge in [-0.05, 0) is 26.0 Å². The van der Waals surface area contributed by atoms with Crippen LogP contribution in [0.15, 0.2) is 35.9 Å². The van der Waals surface area contributed by atoms with Crippen LogP contribution in [0.5, 0.6) is 0 Å². The highest BCUT2D eigenvalue weighted by atomic mass is 16.5. The van der Waals surface area contributed by atoms with Crippen molar-refractivity contribution in [1.29, 1.82) is 0 Å². The highest BCUT2D eigenvalue weighted by Crippen LogP contribution is 2.28. The Balaban J connectivity index is 2.38. The largest absolute Gasteiger partial charge is 0.473 e. The fourth-order valence-corrected chi connectivity index (χ4v) is 1.44. The molecule has 1 atom stereocenters. The zero-order chi connectivity index (χ0) is 7.84. The first-order chi connectivity index (χ1) is 5.29. The Morgan fingerprint density at radius 3 is 3.00 bits per heavy atom. The fraction of sp³-hybridized carbons (Fsp3) is 0.333. The molecule has 0 aromatic carbocycles. The van der Waals surface area contributed by atoms with Gasteiger partial charge in [-0.2, -0.15) is 0 Å². The summed E-state index contributed by atoms with van der Waals surface area (Å²) in [6.07, 6.45) is 8.31. The Labute approximate surface area is 66.5 Å². The second-order valence-corrected chi connectivity index (χ2v) is 2.77. The zero-order valence-electron chi connectivity index (χ0n) is 6.74. The molecule has 2 heteroatoms. The van der Waals surface area contributed by atoms with Crippen molar-refractivity contribution < 1.29 is 4.74 Å². The van der Waals surface area contributed by atoms with Crippen molar-refractivity contribution in [3.63, 3.8) is 0 Å². The summed E-state index contributed by atoms with van der Waals surface area (Å²) in [4.78, 5) is 2.12. The van der Waals surface area contributed by atoms with Gasteiger partial charge in [-0.1, -0.05) is 6.08 Å². The van der Waals surface area contributed by atoms with Crippen molar-refractivity contribution in [3.05, 3.63) is 35.9 Å². The summed E-state index contributed by atoms with van der Waals surface area (Å²) in [7, 11) is 0. The summed E-state index contributed by atoms with van der Waals surface area (Å²) in [5, 5.41) is 0. The van der Waals surface area contributed by atoms with Crippen LogP contribution in [0.4, 0.5) is 0 Å². The molecule has 0 N–H and O–H groups in total. The lowest BCUT2D eigenvalue weighted by Gasteiger charge is -2.20. The van der Waals surface area contributed by atoms with Gasteiger partial charge < -0.3 is 9.64 Å². The van der Waals surface area contributed by atoms with Crippen LogP contribution in [0.2, 0.25) is 0 Å². The standard InChI is InChI=1S/C9H11NO/c1-7-9-5-3-4-6-10(9)8(2)11-7/h3-6,8H,1-2H3. The van der Waals surface area contributed by atoms with Crippen molar-refractivity contribution >= 4 is 0 Å². The SMILES string of the molecule is CC1=C2C=CC=CN2C(C)O1. The molecule has 0 saturated carbocycles. The van der Waals surface area contributed by atoms with Crippen LogP contribution < -0.4 is 0 Å². The van der Waals surface area contributed by atoms with Crippen LogP contribution in [-0.2, 0) is 4.74 Å². The Bertz CT molecular complexity index is 263. The number of hydrogen-bond acceptors (Lipinski definition) is 2. The van der Waals surface area contributed by atoms with E-state index in [0.29, 0.717) is 0 Å². The molecular weight excluding hydrogens is 138 g/mol. The molecule has 0 fully saturated rings. The number of nitrogens with zero attached hydrogens (tertiary/aromatic N) is 1. The molecule has 2 aliphatic heterocycles. The van der Waals surface area contributed by atoms with Crippen LogP contribution >= 0.6 is 0 Å². The number of allylic oxidation sites excluding steroid dienone is 4. The normalized spacial score (nSPS) is 27.5. The average Bonchev–Trinajstić information content (AvgIpc) is 2.30. The third-order valence-corrected chi connectivity index (χ3v) is 1.99. The van der Waals surface area contributed by atoms with Crippen molar-refractivity contribution in [3.8, 4) is 0 Å². The molecule has 0 aromatic rings. The molecule has 2 rings (SSSR count). The Hall–Kier alpha value is -1.18. The van der Waals surface area contributed by atoms with E-state index in [1.807, 2.05) is 32.2 Å². The molecule has 1 unspecified atom stereocenters. The van der Waals surface area contributed by atoms with E-state index in [4.69, 9.17) is 4.74 Å². The monoisotopic (exact) mass is 149 g/mol. The summed E-state index contributed by atoms with van der Waals surface area (Å²) in [6.45, 7) is 4.04. The van der Waals surface area contributed by atoms with Gasteiger partial charge in [0.1, 0.15) is 5.76 Å². The Morgan fingerprint density at radius 1 is 1.45 bits per heavy atom. The first-order valence-electron chi connectivity index (χ1n) is 3.80. The van der Waals surface area contributed by atoms with E-state index in [2.05, 4.69) is 11.0 Å². The molecule has 0 radical (unpaired) electrons. The lowest BCUT2D eigenvalue weighted by molar-refractivity contribution is 0.0840. The van der Waals surface area contributed by atoms with E-state index in [-0.39, 0.29) is 6.23 Å². The minimum absolute atomic E-state index is 0.159. The lowest BCUT2D eigenvalue weighted by Crippen LogP contribution is -2.22. The van der Waals surface area contributed by atoms with Gasteiger partial charge in [0, 0.05) is 6.20 Å². The molecule has 58 valence electrons. The Kier molecular flexibility index (Phi) is 1.28. The van der Waals surface area contributed by atoms with Crippen LogP contribution in [0, 0.1) is 0 Å². The predicted molar refractivity (Wildman–Crippen MR) is 43.4 cm³/mol. The molecule has 0 aliphatic carbocycles. The van der Waals surface area contributed by atoms with Crippen molar-refractivity contribution in [1.82, 2.24) is 4.90 Å². The summed E-state index contributed by atoms with van der Waals surface area (Å²) in [5.74, 6) is 1.01. The van der Waals surface area contributed by atoms with Gasteiger partial charge in [-0.25, -0.2) is 0 Å². The summed E-state index contributed by atoms with van der Waals surface area (Å²) >= 11 is 0. The van der Waals surface area contributed by atoms with Crippen LogP contribution in [0.25, 0.3) is 0 Å². The predicted octanol–water partition coefficient (Wildman–Crippen LogP) is 1.98. The molecule has 0 saturated heterocycles. The molecule has 0 spiro atoms. The smallest absolute Gasteiger partial charge is 0.172 e. The number of rotatable bonds is 0. The number of ether oxygens (including phenoxy) is 1. The molecule has 11 heavy (non-hydrogen) atoms. The quantitative estimate of drug-likeness (QED) is 0.522. The average molecular weight is 149 g/mol. The zero-order valence-corrected chi connectivity index (χ0v) is 6.74. The maximum atomic E-state index is 5.51. The second kappa shape index (κ2) is 2.16. The van der Waals surface area contributed by atoms with Crippen LogP contribution in [0.1, 0.15) is 13.8 Å². The first-order valence-corrected chi connectivity index (χ1v) is 3.80. The molecule has 2 aliphatic rings. The van der Waals surface area contributed by atoms with Gasteiger partial charge in [0.05, 0.1) is 5.70 Å². The minimum Gasteiger partial charge on any atom is -0.473 e. The molecular formula is C9H11NO. The van der Waals surface area contributed by atoms with Gasteiger partial charge in [-0.3, -0.25) is 0 Å². The summed E-state index contributed by atoms with van der Waals surface area (Å²) < 4.78 is 5.51. The Morgan fingerprint density at radius 2 is 2.27 bits per heavy atom. The summed E-state index contributed by atoms with van der Waals surface area (Å²) in [6, 6.07) is 0. The van der Waals surface area contributed by atoms with E-state index < -0.39 is 0 Å². The molecule has 2 heterocycles. The van der Waals surface area contributed by atoms with E-state index in [9.17, 15) is 0 Å². The topological polar surface area (TPSA) is 12.5 Å². The van der Waals surface area contributed by atoms with Crippen molar-refractivity contribution in [2.45, 2.75) is 20.1 Å². The third kappa shape index (κ3) is 0.862. The summed E-state index contributed by atoms with van der Waals surface area (Å²) in [5.41, 5.74) is 1.18. The van der Waals surface area contributed by atoms with Crippen molar-refractivity contribution in [2.24, 2.45) is 0 Å². The third-order valence-electron chi connectivity index (χ3n) is 1.99. The fourth-order valence-electron chi connectivity index (χ4n) is 1.44. The van der Waals surface area contributed by atoms with Gasteiger partial charge in [0.2, 0.25) is 0 Å². The van der Waals surface area contributed by atoms with E-state index in [1.54, 1.807) is 0 Å². The van der Waals surface area contributed by atoms with Gasteiger partial charge >= 0.3 is 0 Å². The maximum Gasteiger partial charge on any atom is 0.172 e. The molecule has 0 aromatic heterocycles. The highest BCUT2D eigenvalue weighted by Gasteiger charge is 2.25.